The molecule has 11 heteroatoms. The predicted molar refractivity (Wildman–Crippen MR) is 160 cm³/mol. The van der Waals surface area contributed by atoms with Gasteiger partial charge in [0.1, 0.15) is 0 Å². The van der Waals surface area contributed by atoms with Gasteiger partial charge in [0.2, 0.25) is 11.8 Å². The number of nitrogens with one attached hydrogen (secondary N) is 2. The Kier molecular flexibility index (Phi) is 14.0. The minimum atomic E-state index is -0.0476. The van der Waals surface area contributed by atoms with Crippen molar-refractivity contribution in [1.29, 1.82) is 0 Å². The van der Waals surface area contributed by atoms with Crippen LogP contribution < -0.4 is 22.1 Å². The summed E-state index contributed by atoms with van der Waals surface area (Å²) in [6.07, 6.45) is 2.08. The number of rotatable bonds is 10. The molecule has 204 valence electrons. The lowest BCUT2D eigenvalue weighted by Crippen LogP contribution is -2.38. The molecule has 1 fully saturated rings. The van der Waals surface area contributed by atoms with E-state index in [1.165, 1.54) is 0 Å². The molecule has 2 amide bonds. The van der Waals surface area contributed by atoms with E-state index >= 15 is 0 Å². The molecular weight excluding hydrogens is 531 g/mol. The Morgan fingerprint density at radius 3 is 1.84 bits per heavy atom. The Bertz CT molecular complexity index is 1010. The van der Waals surface area contributed by atoms with Gasteiger partial charge in [-0.1, -0.05) is 37.0 Å². The van der Waals surface area contributed by atoms with Gasteiger partial charge >= 0.3 is 0 Å². The van der Waals surface area contributed by atoms with Crippen molar-refractivity contribution >= 4 is 69.5 Å². The number of benzene rings is 2. The molecule has 1 aliphatic heterocycles. The van der Waals surface area contributed by atoms with Crippen LogP contribution in [0.4, 0.5) is 22.7 Å². The predicted octanol–water partition coefficient (Wildman–Crippen LogP) is 4.89. The maximum atomic E-state index is 12.0. The Hall–Kier alpha value is -2.17. The fourth-order valence-corrected chi connectivity index (χ4v) is 5.16. The van der Waals surface area contributed by atoms with Crippen molar-refractivity contribution in [2.45, 2.75) is 26.7 Å². The van der Waals surface area contributed by atoms with Gasteiger partial charge in [-0.05, 0) is 62.3 Å². The monoisotopic (exact) mass is 568 g/mol. The highest BCUT2D eigenvalue weighted by molar-refractivity contribution is 7.99. The van der Waals surface area contributed by atoms with E-state index in [9.17, 15) is 9.59 Å². The summed E-state index contributed by atoms with van der Waals surface area (Å²) in [7, 11) is 0. The summed E-state index contributed by atoms with van der Waals surface area (Å²) < 4.78 is 0. The van der Waals surface area contributed by atoms with Crippen molar-refractivity contribution in [2.75, 3.05) is 72.9 Å². The van der Waals surface area contributed by atoms with Crippen LogP contribution in [0.5, 0.6) is 0 Å². The number of hydrogen-bond donors (Lipinski definition) is 4. The van der Waals surface area contributed by atoms with Crippen molar-refractivity contribution < 1.29 is 9.59 Å². The smallest absolute Gasteiger partial charge is 0.238 e. The van der Waals surface area contributed by atoms with E-state index in [1.54, 1.807) is 36.4 Å². The van der Waals surface area contributed by atoms with Gasteiger partial charge in [-0.2, -0.15) is 11.8 Å². The topological polar surface area (TPSA) is 117 Å². The van der Waals surface area contributed by atoms with Gasteiger partial charge in [-0.25, -0.2) is 0 Å². The number of thioether (sulfide) groups is 1. The zero-order valence-corrected chi connectivity index (χ0v) is 23.9. The van der Waals surface area contributed by atoms with Crippen LogP contribution in [0.3, 0.4) is 0 Å². The molecule has 0 aromatic heterocycles. The van der Waals surface area contributed by atoms with Crippen molar-refractivity contribution in [1.82, 2.24) is 9.80 Å². The highest BCUT2D eigenvalue weighted by atomic mass is 35.5. The lowest BCUT2D eigenvalue weighted by Gasteiger charge is -2.25. The molecule has 6 N–H and O–H groups in total. The summed E-state index contributed by atoms with van der Waals surface area (Å²) in [5.74, 6) is 2.10. The fourth-order valence-electron chi connectivity index (χ4n) is 3.71. The highest BCUT2D eigenvalue weighted by Gasteiger charge is 2.15. The molecule has 1 saturated heterocycles. The van der Waals surface area contributed by atoms with Gasteiger partial charge < -0.3 is 22.1 Å². The second kappa shape index (κ2) is 16.6. The average Bonchev–Trinajstić information content (AvgIpc) is 2.84. The highest BCUT2D eigenvalue weighted by Crippen LogP contribution is 2.25. The number of carbonyl (C=O) groups is 2. The van der Waals surface area contributed by atoms with Crippen LogP contribution in [-0.4, -0.2) is 72.4 Å². The summed E-state index contributed by atoms with van der Waals surface area (Å²) in [6.45, 7) is 8.81. The third-order valence-corrected chi connectivity index (χ3v) is 7.02. The lowest BCUT2D eigenvalue weighted by atomic mass is 10.2. The second-order valence-electron chi connectivity index (χ2n) is 8.74. The molecule has 0 unspecified atom stereocenters. The van der Waals surface area contributed by atoms with Crippen LogP contribution in [0.2, 0.25) is 10.0 Å². The van der Waals surface area contributed by atoms with E-state index in [0.717, 1.165) is 50.5 Å². The van der Waals surface area contributed by atoms with E-state index in [2.05, 4.69) is 34.3 Å². The molecule has 0 aliphatic carbocycles. The van der Waals surface area contributed by atoms with Gasteiger partial charge in [0.15, 0.2) is 0 Å². The van der Waals surface area contributed by atoms with Crippen molar-refractivity contribution in [3.63, 3.8) is 0 Å². The van der Waals surface area contributed by atoms with Crippen LogP contribution in [0.1, 0.15) is 26.7 Å². The van der Waals surface area contributed by atoms with Gasteiger partial charge in [0.05, 0.1) is 34.5 Å². The van der Waals surface area contributed by atoms with Crippen LogP contribution in [0, 0.1) is 0 Å². The maximum absolute atomic E-state index is 12.0. The Labute approximate surface area is 234 Å². The molecule has 3 rings (SSSR count). The van der Waals surface area contributed by atoms with E-state index in [4.69, 9.17) is 34.7 Å². The number of carbonyl (C=O) groups excluding carboxylic acids is 2. The zero-order valence-electron chi connectivity index (χ0n) is 21.6. The molecule has 2 aromatic carbocycles. The molecule has 8 nitrogen and oxygen atoms in total. The molecule has 0 atom stereocenters. The third-order valence-electron chi connectivity index (χ3n) is 5.45. The van der Waals surface area contributed by atoms with Crippen molar-refractivity contribution in [3.8, 4) is 0 Å². The molecular formula is C26H38Cl2N6O2S. The Morgan fingerprint density at radius 2 is 1.38 bits per heavy atom. The first-order chi connectivity index (χ1) is 17.7. The Balaban J connectivity index is 0.000000260. The fraction of sp³-hybridized carbons (Fsp3) is 0.462. The number of anilines is 4. The number of nitrogen functional groups attached to an aromatic ring is 2. The number of nitrogens with zero attached hydrogens (tertiary/aromatic N) is 2. The first-order valence-corrected chi connectivity index (χ1v) is 14.3. The third kappa shape index (κ3) is 11.8. The van der Waals surface area contributed by atoms with E-state index in [1.807, 2.05) is 11.8 Å². The average molecular weight is 570 g/mol. The van der Waals surface area contributed by atoms with Crippen LogP contribution in [0.25, 0.3) is 0 Å². The quantitative estimate of drug-likeness (QED) is 0.301. The van der Waals surface area contributed by atoms with E-state index in [-0.39, 0.29) is 11.8 Å². The number of halogens is 2. The molecule has 0 bridgehead atoms. The first kappa shape index (κ1) is 31.1. The van der Waals surface area contributed by atoms with Crippen LogP contribution in [-0.2, 0) is 9.59 Å². The molecule has 1 heterocycles. The minimum Gasteiger partial charge on any atom is -0.399 e. The van der Waals surface area contributed by atoms with Crippen molar-refractivity contribution in [2.24, 2.45) is 0 Å². The first-order valence-electron chi connectivity index (χ1n) is 12.4. The largest absolute Gasteiger partial charge is 0.399 e. The summed E-state index contributed by atoms with van der Waals surface area (Å²) in [5, 5.41) is 6.56. The lowest BCUT2D eigenvalue weighted by molar-refractivity contribution is -0.118. The van der Waals surface area contributed by atoms with Crippen molar-refractivity contribution in [3.05, 3.63) is 46.4 Å². The summed E-state index contributed by atoms with van der Waals surface area (Å²) in [6, 6.07) is 10.2. The van der Waals surface area contributed by atoms with Gasteiger partial charge in [-0.3, -0.25) is 19.4 Å². The zero-order chi connectivity index (χ0) is 27.2. The number of amides is 2. The van der Waals surface area contributed by atoms with E-state index in [0.29, 0.717) is 45.9 Å². The van der Waals surface area contributed by atoms with Crippen LogP contribution >= 0.6 is 35.0 Å². The molecule has 0 saturated carbocycles. The maximum Gasteiger partial charge on any atom is 0.238 e. The molecule has 0 spiro atoms. The summed E-state index contributed by atoms with van der Waals surface area (Å²) in [5.41, 5.74) is 13.6. The summed E-state index contributed by atoms with van der Waals surface area (Å²) >= 11 is 14.0. The van der Waals surface area contributed by atoms with Gasteiger partial charge in [-0.15, -0.1) is 0 Å². The number of hydrogen-bond acceptors (Lipinski definition) is 7. The normalized spacial score (nSPS) is 13.5. The second-order valence-corrected chi connectivity index (χ2v) is 10.8. The van der Waals surface area contributed by atoms with Crippen LogP contribution in [0.15, 0.2) is 36.4 Å². The van der Waals surface area contributed by atoms with E-state index < -0.39 is 0 Å². The molecule has 0 radical (unpaired) electrons. The standard InChI is InChI=1S/C14H22ClN3O.C12H16ClN3OS/c1-3-7-18(8-4-2)10-14(19)17-13-6-5-11(16)9-12(13)15;13-10-7-9(14)1-2-11(10)15-12(17)8-16-3-5-18-6-4-16/h5-6,9H,3-4,7-8,10,16H2,1-2H3,(H,17,19);1-2,7H,3-6,8,14H2,(H,15,17). The minimum absolute atomic E-state index is 0.0337. The van der Waals surface area contributed by atoms with Gasteiger partial charge in [0.25, 0.3) is 0 Å². The summed E-state index contributed by atoms with van der Waals surface area (Å²) in [4.78, 5) is 28.1. The SMILES string of the molecule is CCCN(CCC)CC(=O)Nc1ccc(N)cc1Cl.Nc1ccc(NC(=O)CN2CCSCC2)c(Cl)c1. The molecule has 1 aliphatic rings. The van der Waals surface area contributed by atoms with Gasteiger partial charge in [0, 0.05) is 36.0 Å². The Morgan fingerprint density at radius 1 is 0.892 bits per heavy atom. The molecule has 37 heavy (non-hydrogen) atoms. The molecule has 2 aromatic rings. The number of nitrogens with two attached hydrogens (primary N) is 2.